The van der Waals surface area contributed by atoms with Gasteiger partial charge in [0, 0.05) is 0 Å². The smallest absolute Gasteiger partial charge is 0.494 e. The van der Waals surface area contributed by atoms with Crippen LogP contribution in [0.2, 0.25) is 0 Å². The highest BCUT2D eigenvalue weighted by Crippen LogP contribution is 2.43. The van der Waals surface area contributed by atoms with Crippen LogP contribution >= 0.6 is 8.60 Å². The Bertz CT molecular complexity index is 860. The third-order valence-electron chi connectivity index (χ3n) is 5.31. The molecule has 0 N–H and O–H groups in total. The summed E-state index contributed by atoms with van der Waals surface area (Å²) >= 11 is 0. The van der Waals surface area contributed by atoms with E-state index < -0.39 is 8.60 Å². The van der Waals surface area contributed by atoms with Gasteiger partial charge in [0.1, 0.15) is 34.5 Å². The normalized spacial score (nSPS) is 10.7. The number of rotatable bonds is 18. The Morgan fingerprint density at radius 1 is 0.405 bits per heavy atom. The van der Waals surface area contributed by atoms with E-state index in [0.717, 1.165) is 55.8 Å². The highest BCUT2D eigenvalue weighted by Gasteiger charge is 2.20. The first-order valence-corrected chi connectivity index (χ1v) is 14.3. The summed E-state index contributed by atoms with van der Waals surface area (Å²) in [6.07, 6.45) is 6.36. The van der Waals surface area contributed by atoms with Crippen molar-refractivity contribution in [3.63, 3.8) is 0 Å². The highest BCUT2D eigenvalue weighted by molar-refractivity contribution is 7.43. The molecule has 6 nitrogen and oxygen atoms in total. The zero-order chi connectivity index (χ0) is 26.1. The van der Waals surface area contributed by atoms with Gasteiger partial charge in [-0.05, 0) is 92.1 Å². The minimum absolute atomic E-state index is 0.632. The summed E-state index contributed by atoms with van der Waals surface area (Å²) in [6.45, 7) is 8.53. The maximum Gasteiger partial charge on any atom is 0.530 e. The fourth-order valence-electron chi connectivity index (χ4n) is 3.11. The van der Waals surface area contributed by atoms with Crippen LogP contribution in [-0.4, -0.2) is 19.8 Å². The zero-order valence-corrected chi connectivity index (χ0v) is 23.1. The van der Waals surface area contributed by atoms with Crippen LogP contribution in [0.3, 0.4) is 0 Å². The standard InChI is InChI=1S/C30H39O6P/c1-4-7-22-31-25-10-16-28(17-11-25)34-37(35-29-18-12-26(13-19-29)32-23-8-5-2)36-30-20-14-27(15-21-30)33-24-9-6-3/h10-21H,4-9,22-24H2,1-3H3. The molecule has 37 heavy (non-hydrogen) atoms. The Kier molecular flexibility index (Phi) is 12.8. The third-order valence-corrected chi connectivity index (χ3v) is 6.39. The first kappa shape index (κ1) is 28.5. The molecule has 0 radical (unpaired) electrons. The minimum Gasteiger partial charge on any atom is -0.494 e. The van der Waals surface area contributed by atoms with E-state index in [0.29, 0.717) is 37.1 Å². The van der Waals surface area contributed by atoms with Crippen LogP contribution in [0.1, 0.15) is 59.3 Å². The Morgan fingerprint density at radius 3 is 0.892 bits per heavy atom. The van der Waals surface area contributed by atoms with Gasteiger partial charge in [0.15, 0.2) is 0 Å². The van der Waals surface area contributed by atoms with Gasteiger partial charge in [0.2, 0.25) is 0 Å². The van der Waals surface area contributed by atoms with Gasteiger partial charge in [-0.2, -0.15) is 0 Å². The van der Waals surface area contributed by atoms with Gasteiger partial charge < -0.3 is 27.8 Å². The van der Waals surface area contributed by atoms with E-state index in [1.54, 1.807) is 0 Å². The van der Waals surface area contributed by atoms with Crippen LogP contribution in [0, 0.1) is 0 Å². The van der Waals surface area contributed by atoms with Gasteiger partial charge >= 0.3 is 8.60 Å². The van der Waals surface area contributed by atoms with E-state index >= 15 is 0 Å². The summed E-state index contributed by atoms with van der Waals surface area (Å²) in [5, 5.41) is 0. The lowest BCUT2D eigenvalue weighted by molar-refractivity contribution is 0.308. The molecule has 0 aliphatic heterocycles. The van der Waals surface area contributed by atoms with Gasteiger partial charge in [-0.25, -0.2) is 0 Å². The summed E-state index contributed by atoms with van der Waals surface area (Å²) < 4.78 is 35.6. The number of unbranched alkanes of at least 4 members (excludes halogenated alkanes) is 3. The van der Waals surface area contributed by atoms with Crippen LogP contribution in [0.25, 0.3) is 0 Å². The van der Waals surface area contributed by atoms with Gasteiger partial charge in [-0.3, -0.25) is 0 Å². The van der Waals surface area contributed by atoms with Crippen molar-refractivity contribution in [3.05, 3.63) is 72.8 Å². The predicted molar refractivity (Wildman–Crippen MR) is 149 cm³/mol. The van der Waals surface area contributed by atoms with E-state index in [9.17, 15) is 0 Å². The molecule has 0 saturated carbocycles. The number of hydrogen-bond donors (Lipinski definition) is 0. The monoisotopic (exact) mass is 526 g/mol. The van der Waals surface area contributed by atoms with Crippen molar-refractivity contribution in [1.29, 1.82) is 0 Å². The van der Waals surface area contributed by atoms with E-state index in [1.165, 1.54) is 0 Å². The quantitative estimate of drug-likeness (QED) is 0.122. The molecule has 0 amide bonds. The molecule has 0 aromatic heterocycles. The lowest BCUT2D eigenvalue weighted by atomic mass is 10.3. The van der Waals surface area contributed by atoms with Crippen LogP contribution < -0.4 is 27.8 Å². The van der Waals surface area contributed by atoms with Gasteiger partial charge in [-0.1, -0.05) is 40.0 Å². The molecule has 0 bridgehead atoms. The van der Waals surface area contributed by atoms with Crippen molar-refractivity contribution < 1.29 is 27.8 Å². The van der Waals surface area contributed by atoms with Crippen LogP contribution in [0.5, 0.6) is 34.5 Å². The minimum atomic E-state index is -1.78. The summed E-state index contributed by atoms with van der Waals surface area (Å²) in [5.41, 5.74) is 0. The first-order chi connectivity index (χ1) is 18.2. The fourth-order valence-corrected chi connectivity index (χ4v) is 4.10. The van der Waals surface area contributed by atoms with Crippen molar-refractivity contribution in [3.8, 4) is 34.5 Å². The van der Waals surface area contributed by atoms with Crippen LogP contribution in [0.4, 0.5) is 0 Å². The zero-order valence-electron chi connectivity index (χ0n) is 22.2. The Hall–Kier alpha value is -3.11. The molecule has 0 fully saturated rings. The first-order valence-electron chi connectivity index (χ1n) is 13.2. The van der Waals surface area contributed by atoms with Gasteiger partial charge in [0.25, 0.3) is 0 Å². The molecule has 0 aliphatic carbocycles. The molecular formula is C30H39O6P. The molecule has 3 aromatic rings. The summed E-state index contributed by atoms with van der Waals surface area (Å²) in [5.74, 6) is 4.33. The van der Waals surface area contributed by atoms with Crippen molar-refractivity contribution in [2.75, 3.05) is 19.8 Å². The molecular weight excluding hydrogens is 487 g/mol. The van der Waals surface area contributed by atoms with Gasteiger partial charge in [-0.15, -0.1) is 0 Å². The largest absolute Gasteiger partial charge is 0.530 e. The average Bonchev–Trinajstić information content (AvgIpc) is 2.92. The van der Waals surface area contributed by atoms with Crippen LogP contribution in [0.15, 0.2) is 72.8 Å². The third kappa shape index (κ3) is 10.8. The van der Waals surface area contributed by atoms with Crippen molar-refractivity contribution in [2.45, 2.75) is 59.3 Å². The molecule has 7 heteroatoms. The molecule has 0 atom stereocenters. The van der Waals surface area contributed by atoms with E-state index in [2.05, 4.69) is 20.8 Å². The number of benzene rings is 3. The molecule has 0 saturated heterocycles. The average molecular weight is 527 g/mol. The highest BCUT2D eigenvalue weighted by atomic mass is 31.2. The number of hydrogen-bond acceptors (Lipinski definition) is 6. The van der Waals surface area contributed by atoms with Crippen LogP contribution in [-0.2, 0) is 0 Å². The molecule has 3 aromatic carbocycles. The molecule has 0 unspecified atom stereocenters. The molecule has 0 spiro atoms. The Labute approximate surface area is 222 Å². The summed E-state index contributed by atoms with van der Waals surface area (Å²) in [7, 11) is -1.78. The van der Waals surface area contributed by atoms with E-state index in [4.69, 9.17) is 27.8 Å². The maximum absolute atomic E-state index is 6.12. The summed E-state index contributed by atoms with van der Waals surface area (Å²) in [6, 6.07) is 22.5. The molecule has 0 aliphatic rings. The molecule has 3 rings (SSSR count). The summed E-state index contributed by atoms with van der Waals surface area (Å²) in [4.78, 5) is 0. The Morgan fingerprint density at radius 2 is 0.649 bits per heavy atom. The lowest BCUT2D eigenvalue weighted by Gasteiger charge is -2.18. The number of ether oxygens (including phenoxy) is 3. The van der Waals surface area contributed by atoms with Gasteiger partial charge in [0.05, 0.1) is 19.8 Å². The topological polar surface area (TPSA) is 55.4 Å². The molecule has 0 heterocycles. The van der Waals surface area contributed by atoms with Crippen molar-refractivity contribution in [1.82, 2.24) is 0 Å². The van der Waals surface area contributed by atoms with E-state index in [1.807, 2.05) is 72.8 Å². The maximum atomic E-state index is 6.12. The second-order valence-corrected chi connectivity index (χ2v) is 9.51. The van der Waals surface area contributed by atoms with Crippen molar-refractivity contribution >= 4 is 8.60 Å². The molecule has 200 valence electrons. The second-order valence-electron chi connectivity index (χ2n) is 8.52. The lowest BCUT2D eigenvalue weighted by Crippen LogP contribution is -2.03. The fraction of sp³-hybridized carbons (Fsp3) is 0.400. The Balaban J connectivity index is 1.66. The van der Waals surface area contributed by atoms with Crippen molar-refractivity contribution in [2.24, 2.45) is 0 Å². The second kappa shape index (κ2) is 16.6. The SMILES string of the molecule is CCCCOc1ccc(OP(Oc2ccc(OCCCC)cc2)Oc2ccc(OCCCC)cc2)cc1. The van der Waals surface area contributed by atoms with E-state index in [-0.39, 0.29) is 0 Å². The predicted octanol–water partition coefficient (Wildman–Crippen LogP) is 8.99.